The summed E-state index contributed by atoms with van der Waals surface area (Å²) in [7, 11) is 4.06. The topological polar surface area (TPSA) is 46.1 Å². The lowest BCUT2D eigenvalue weighted by molar-refractivity contribution is 0.139. The molecule has 2 N–H and O–H groups in total. The number of piperidine rings is 1. The second-order valence-corrected chi connectivity index (χ2v) is 9.17. The van der Waals surface area contributed by atoms with E-state index in [1.165, 1.54) is 69.7 Å². The Balaban J connectivity index is 0.00000341. The third-order valence-electron chi connectivity index (χ3n) is 6.35. The minimum Gasteiger partial charge on any atom is -0.356 e. The fourth-order valence-electron chi connectivity index (χ4n) is 4.35. The van der Waals surface area contributed by atoms with Crippen molar-refractivity contribution in [3.05, 3.63) is 35.4 Å². The Morgan fingerprint density at radius 2 is 1.55 bits per heavy atom. The number of aliphatic imine (C=N–C) groups is 1. The van der Waals surface area contributed by atoms with Crippen LogP contribution in [0.3, 0.4) is 0 Å². The summed E-state index contributed by atoms with van der Waals surface area (Å²) in [5.41, 5.74) is 2.71. The number of likely N-dealkylation sites (tertiary alicyclic amines) is 1. The number of nitrogens with zero attached hydrogens (tertiary/aromatic N) is 4. The molecule has 2 aliphatic heterocycles. The van der Waals surface area contributed by atoms with E-state index in [-0.39, 0.29) is 24.0 Å². The zero-order valence-corrected chi connectivity index (χ0v) is 22.1. The van der Waals surface area contributed by atoms with Gasteiger partial charge in [0.15, 0.2) is 5.96 Å². The number of nitrogens with one attached hydrogen (secondary N) is 2. The Morgan fingerprint density at radius 1 is 0.903 bits per heavy atom. The molecule has 0 spiro atoms. The first-order valence-electron chi connectivity index (χ1n) is 11.8. The fraction of sp³-hybridized carbons (Fsp3) is 0.708. The van der Waals surface area contributed by atoms with Crippen LogP contribution >= 0.6 is 24.0 Å². The summed E-state index contributed by atoms with van der Waals surface area (Å²) in [4.78, 5) is 12.0. The summed E-state index contributed by atoms with van der Waals surface area (Å²) in [5.74, 6) is 1.48. The highest BCUT2D eigenvalue weighted by atomic mass is 127. The molecule has 176 valence electrons. The molecule has 0 saturated carbocycles. The number of guanidine groups is 1. The van der Waals surface area contributed by atoms with Crippen LogP contribution < -0.4 is 10.6 Å². The number of piperazine rings is 1. The van der Waals surface area contributed by atoms with Crippen molar-refractivity contribution in [2.75, 3.05) is 66.5 Å². The summed E-state index contributed by atoms with van der Waals surface area (Å²) >= 11 is 0. The van der Waals surface area contributed by atoms with Crippen molar-refractivity contribution in [3.63, 3.8) is 0 Å². The van der Waals surface area contributed by atoms with Crippen LogP contribution in [0.5, 0.6) is 0 Å². The molecule has 2 aliphatic rings. The van der Waals surface area contributed by atoms with E-state index < -0.39 is 0 Å². The van der Waals surface area contributed by atoms with Gasteiger partial charge in [0.25, 0.3) is 0 Å². The maximum Gasteiger partial charge on any atom is 0.191 e. The van der Waals surface area contributed by atoms with Crippen molar-refractivity contribution in [3.8, 4) is 0 Å². The molecule has 0 aromatic heterocycles. The van der Waals surface area contributed by atoms with Gasteiger partial charge < -0.3 is 20.4 Å². The largest absolute Gasteiger partial charge is 0.356 e. The molecular weight excluding hydrogens is 499 g/mol. The molecule has 0 amide bonds. The summed E-state index contributed by atoms with van der Waals surface area (Å²) < 4.78 is 0. The molecule has 1 atom stereocenters. The van der Waals surface area contributed by atoms with E-state index in [9.17, 15) is 0 Å². The Labute approximate surface area is 206 Å². The van der Waals surface area contributed by atoms with Crippen LogP contribution in [0.2, 0.25) is 0 Å². The minimum absolute atomic E-state index is 0. The molecule has 3 rings (SSSR count). The van der Waals surface area contributed by atoms with Crippen LogP contribution in [0.15, 0.2) is 29.3 Å². The van der Waals surface area contributed by atoms with Gasteiger partial charge in [-0.05, 0) is 50.0 Å². The molecule has 1 aromatic carbocycles. The maximum atomic E-state index is 4.39. The number of hydrogen-bond acceptors (Lipinski definition) is 4. The summed E-state index contributed by atoms with van der Waals surface area (Å²) in [6.07, 6.45) is 4.09. The van der Waals surface area contributed by atoms with Crippen LogP contribution in [0.4, 0.5) is 0 Å². The van der Waals surface area contributed by atoms with Crippen LogP contribution in [-0.4, -0.2) is 87.1 Å². The Hall–Kier alpha value is -0.900. The predicted octanol–water partition coefficient (Wildman–Crippen LogP) is 2.84. The quantitative estimate of drug-likeness (QED) is 0.301. The zero-order chi connectivity index (χ0) is 21.2. The van der Waals surface area contributed by atoms with E-state index in [0.717, 1.165) is 32.1 Å². The molecule has 2 saturated heterocycles. The lowest BCUT2D eigenvalue weighted by atomic mass is 10.1. The zero-order valence-electron chi connectivity index (χ0n) is 19.8. The maximum absolute atomic E-state index is 4.39. The van der Waals surface area contributed by atoms with Crippen LogP contribution in [0, 0.1) is 5.92 Å². The van der Waals surface area contributed by atoms with Crippen LogP contribution in [0.25, 0.3) is 0 Å². The van der Waals surface area contributed by atoms with Gasteiger partial charge >= 0.3 is 0 Å². The van der Waals surface area contributed by atoms with E-state index in [0.29, 0.717) is 5.92 Å². The normalized spacial score (nSPS) is 20.2. The number of likely N-dealkylation sites (N-methyl/N-ethyl adjacent to an activating group) is 1. The van der Waals surface area contributed by atoms with E-state index in [4.69, 9.17) is 0 Å². The minimum atomic E-state index is 0. The van der Waals surface area contributed by atoms with Crippen molar-refractivity contribution >= 4 is 29.9 Å². The molecule has 2 fully saturated rings. The van der Waals surface area contributed by atoms with Gasteiger partial charge in [0.1, 0.15) is 0 Å². The Kier molecular flexibility index (Phi) is 12.1. The fourth-order valence-corrected chi connectivity index (χ4v) is 4.35. The van der Waals surface area contributed by atoms with Crippen LogP contribution in [-0.2, 0) is 13.1 Å². The molecule has 0 aliphatic carbocycles. The van der Waals surface area contributed by atoms with Crippen molar-refractivity contribution in [1.29, 1.82) is 0 Å². The summed E-state index contributed by atoms with van der Waals surface area (Å²) in [6.45, 7) is 13.5. The molecule has 1 unspecified atom stereocenters. The lowest BCUT2D eigenvalue weighted by Crippen LogP contribution is -2.47. The molecule has 0 bridgehead atoms. The van der Waals surface area contributed by atoms with E-state index in [2.05, 4.69) is 68.6 Å². The number of benzene rings is 1. The SMILES string of the molecule is CN=C(NCc1ccc(CN2CCCCC2)cc1)NCC(C)CN1CCN(C)CC1.I. The van der Waals surface area contributed by atoms with E-state index in [1.807, 2.05) is 7.05 Å². The molecule has 0 radical (unpaired) electrons. The second-order valence-electron chi connectivity index (χ2n) is 9.17. The third kappa shape index (κ3) is 9.63. The molecule has 1 aromatic rings. The van der Waals surface area contributed by atoms with Gasteiger partial charge in [0, 0.05) is 59.4 Å². The molecule has 31 heavy (non-hydrogen) atoms. The van der Waals surface area contributed by atoms with Crippen molar-refractivity contribution in [2.24, 2.45) is 10.9 Å². The average molecular weight is 543 g/mol. The van der Waals surface area contributed by atoms with Gasteiger partial charge in [-0.2, -0.15) is 0 Å². The van der Waals surface area contributed by atoms with Gasteiger partial charge in [0.05, 0.1) is 0 Å². The molecule has 2 heterocycles. The molecule has 7 heteroatoms. The number of halogens is 1. The monoisotopic (exact) mass is 542 g/mol. The van der Waals surface area contributed by atoms with E-state index in [1.54, 1.807) is 0 Å². The highest BCUT2D eigenvalue weighted by Gasteiger charge is 2.16. The molecule has 6 nitrogen and oxygen atoms in total. The third-order valence-corrected chi connectivity index (χ3v) is 6.35. The summed E-state index contributed by atoms with van der Waals surface area (Å²) in [6, 6.07) is 9.05. The van der Waals surface area contributed by atoms with Crippen molar-refractivity contribution in [1.82, 2.24) is 25.3 Å². The van der Waals surface area contributed by atoms with Gasteiger partial charge in [0.2, 0.25) is 0 Å². The van der Waals surface area contributed by atoms with Gasteiger partial charge in [-0.25, -0.2) is 0 Å². The Bertz CT molecular complexity index is 636. The second kappa shape index (κ2) is 14.3. The Morgan fingerprint density at radius 3 is 2.19 bits per heavy atom. The van der Waals surface area contributed by atoms with Gasteiger partial charge in [-0.3, -0.25) is 9.89 Å². The lowest BCUT2D eigenvalue weighted by Gasteiger charge is -2.34. The van der Waals surface area contributed by atoms with Gasteiger partial charge in [-0.1, -0.05) is 37.6 Å². The molecular formula is C24H43IN6. The first kappa shape index (κ1) is 26.4. The first-order chi connectivity index (χ1) is 14.6. The average Bonchev–Trinajstić information content (AvgIpc) is 2.77. The number of rotatable bonds is 8. The van der Waals surface area contributed by atoms with Crippen molar-refractivity contribution in [2.45, 2.75) is 39.3 Å². The smallest absolute Gasteiger partial charge is 0.191 e. The first-order valence-corrected chi connectivity index (χ1v) is 11.8. The highest BCUT2D eigenvalue weighted by Crippen LogP contribution is 2.13. The predicted molar refractivity (Wildman–Crippen MR) is 142 cm³/mol. The van der Waals surface area contributed by atoms with E-state index >= 15 is 0 Å². The number of hydrogen-bond donors (Lipinski definition) is 2. The van der Waals surface area contributed by atoms with Crippen molar-refractivity contribution < 1.29 is 0 Å². The van der Waals surface area contributed by atoms with Gasteiger partial charge in [-0.15, -0.1) is 24.0 Å². The van der Waals surface area contributed by atoms with Crippen LogP contribution in [0.1, 0.15) is 37.3 Å². The standard InChI is InChI=1S/C24H42N6.HI/c1-21(19-30-15-13-28(3)14-16-30)17-26-24(25-2)27-18-22-7-9-23(10-8-22)20-29-11-5-4-6-12-29;/h7-10,21H,4-6,11-20H2,1-3H3,(H2,25,26,27);1H. The summed E-state index contributed by atoms with van der Waals surface area (Å²) in [5, 5.41) is 6.96. The highest BCUT2D eigenvalue weighted by molar-refractivity contribution is 14.0.